The molecule has 0 N–H and O–H groups in total. The molecule has 0 aromatic heterocycles. The molecule has 0 aliphatic rings. The Hall–Kier alpha value is -3.93. The summed E-state index contributed by atoms with van der Waals surface area (Å²) in [6, 6.07) is 0. The van der Waals surface area contributed by atoms with Crippen LogP contribution in [0.1, 0.15) is 290 Å². The Morgan fingerprint density at radius 2 is 0.533 bits per heavy atom. The zero-order valence-corrected chi connectivity index (χ0v) is 49.0. The van der Waals surface area contributed by atoms with Crippen LogP contribution in [0.3, 0.4) is 0 Å². The Kier molecular flexibility index (Phi) is 59.3. The zero-order chi connectivity index (χ0) is 54.3. The van der Waals surface area contributed by atoms with Crippen LogP contribution in [0.15, 0.2) is 109 Å². The summed E-state index contributed by atoms with van der Waals surface area (Å²) >= 11 is 0. The maximum absolute atomic E-state index is 12.9. The van der Waals surface area contributed by atoms with E-state index in [1.807, 2.05) is 0 Å². The van der Waals surface area contributed by atoms with Crippen molar-refractivity contribution in [2.45, 2.75) is 297 Å². The molecule has 0 fully saturated rings. The maximum Gasteiger partial charge on any atom is 0.306 e. The molecule has 0 aliphatic heterocycles. The lowest BCUT2D eigenvalue weighted by atomic mass is 10.0. The van der Waals surface area contributed by atoms with Gasteiger partial charge in [0.1, 0.15) is 13.2 Å². The van der Waals surface area contributed by atoms with Crippen LogP contribution in [0.4, 0.5) is 0 Å². The minimum atomic E-state index is -0.816. The van der Waals surface area contributed by atoms with Gasteiger partial charge in [0.15, 0.2) is 6.10 Å². The third-order valence-corrected chi connectivity index (χ3v) is 13.3. The highest BCUT2D eigenvalue weighted by atomic mass is 16.6. The molecule has 0 heterocycles. The van der Waals surface area contributed by atoms with Crippen molar-refractivity contribution in [1.29, 1.82) is 0 Å². The summed E-state index contributed by atoms with van der Waals surface area (Å²) in [6.07, 6.45) is 85.2. The molecule has 0 unspecified atom stereocenters. The highest BCUT2D eigenvalue weighted by Gasteiger charge is 2.19. The van der Waals surface area contributed by atoms with Gasteiger partial charge >= 0.3 is 17.9 Å². The molecule has 1 atom stereocenters. The lowest BCUT2D eigenvalue weighted by Gasteiger charge is -2.18. The van der Waals surface area contributed by atoms with E-state index in [-0.39, 0.29) is 37.5 Å². The molecular weight excluding hydrogens is 925 g/mol. The van der Waals surface area contributed by atoms with E-state index < -0.39 is 6.10 Å². The first-order valence-electron chi connectivity index (χ1n) is 31.4. The molecule has 0 spiro atoms. The Bertz CT molecular complexity index is 1520. The number of unbranched alkanes of at least 4 members (excludes halogenated alkanes) is 27. The summed E-state index contributed by atoms with van der Waals surface area (Å²) in [5.74, 6) is -0.990. The van der Waals surface area contributed by atoms with Gasteiger partial charge in [0.05, 0.1) is 0 Å². The monoisotopic (exact) mass is 1040 g/mol. The summed E-state index contributed by atoms with van der Waals surface area (Å²) in [7, 11) is 0. The molecule has 0 amide bonds. The van der Waals surface area contributed by atoms with Crippen LogP contribution in [0.25, 0.3) is 0 Å². The Morgan fingerprint density at radius 1 is 0.280 bits per heavy atom. The van der Waals surface area contributed by atoms with Crippen molar-refractivity contribution in [3.63, 3.8) is 0 Å². The quantitative estimate of drug-likeness (QED) is 0.0261. The van der Waals surface area contributed by atoms with Crippen molar-refractivity contribution in [1.82, 2.24) is 0 Å². The first-order valence-corrected chi connectivity index (χ1v) is 31.4. The predicted octanol–water partition coefficient (Wildman–Crippen LogP) is 21.4. The number of carbonyl (C=O) groups excluding carboxylic acids is 3. The topological polar surface area (TPSA) is 78.9 Å². The van der Waals surface area contributed by atoms with Gasteiger partial charge in [-0.2, -0.15) is 0 Å². The molecule has 0 bridgehead atoms. The van der Waals surface area contributed by atoms with Crippen molar-refractivity contribution >= 4 is 17.9 Å². The Morgan fingerprint density at radius 3 is 0.893 bits per heavy atom. The fraction of sp³-hybridized carbons (Fsp3) is 0.696. The van der Waals surface area contributed by atoms with Crippen molar-refractivity contribution in [3.05, 3.63) is 109 Å². The molecular formula is C69H116O6. The van der Waals surface area contributed by atoms with Gasteiger partial charge in [0.25, 0.3) is 0 Å². The molecule has 428 valence electrons. The minimum Gasteiger partial charge on any atom is -0.462 e. The van der Waals surface area contributed by atoms with Gasteiger partial charge in [0, 0.05) is 19.3 Å². The third-order valence-electron chi connectivity index (χ3n) is 13.3. The van der Waals surface area contributed by atoms with Crippen LogP contribution in [0, 0.1) is 0 Å². The van der Waals surface area contributed by atoms with E-state index >= 15 is 0 Å². The lowest BCUT2D eigenvalue weighted by Crippen LogP contribution is -2.30. The van der Waals surface area contributed by atoms with Crippen LogP contribution >= 0.6 is 0 Å². The molecule has 6 nitrogen and oxygen atoms in total. The summed E-state index contributed by atoms with van der Waals surface area (Å²) in [6.45, 7) is 6.45. The van der Waals surface area contributed by atoms with Crippen molar-refractivity contribution < 1.29 is 28.6 Å². The van der Waals surface area contributed by atoms with Crippen LogP contribution in [-0.2, 0) is 28.6 Å². The molecule has 0 radical (unpaired) electrons. The van der Waals surface area contributed by atoms with Crippen LogP contribution in [0.5, 0.6) is 0 Å². The average Bonchev–Trinajstić information content (AvgIpc) is 3.41. The van der Waals surface area contributed by atoms with Gasteiger partial charge in [-0.25, -0.2) is 0 Å². The van der Waals surface area contributed by atoms with Crippen molar-refractivity contribution in [3.8, 4) is 0 Å². The van der Waals surface area contributed by atoms with E-state index in [1.54, 1.807) is 0 Å². The Labute approximate surface area is 463 Å². The highest BCUT2D eigenvalue weighted by Crippen LogP contribution is 2.16. The van der Waals surface area contributed by atoms with Crippen LogP contribution in [-0.4, -0.2) is 37.2 Å². The van der Waals surface area contributed by atoms with Crippen molar-refractivity contribution in [2.75, 3.05) is 13.2 Å². The minimum absolute atomic E-state index is 0.112. The molecule has 0 aliphatic carbocycles. The average molecular weight is 1040 g/mol. The van der Waals surface area contributed by atoms with Crippen LogP contribution < -0.4 is 0 Å². The first-order chi connectivity index (χ1) is 37.0. The summed E-state index contributed by atoms with van der Waals surface area (Å²) in [5.41, 5.74) is 0. The van der Waals surface area contributed by atoms with Gasteiger partial charge in [0.2, 0.25) is 0 Å². The largest absolute Gasteiger partial charge is 0.462 e. The molecule has 75 heavy (non-hydrogen) atoms. The smallest absolute Gasteiger partial charge is 0.306 e. The van der Waals surface area contributed by atoms with Crippen LogP contribution in [0.2, 0.25) is 0 Å². The predicted molar refractivity (Wildman–Crippen MR) is 325 cm³/mol. The first kappa shape index (κ1) is 71.1. The summed E-state index contributed by atoms with van der Waals surface area (Å²) in [5, 5.41) is 0. The van der Waals surface area contributed by atoms with Gasteiger partial charge in [-0.3, -0.25) is 14.4 Å². The highest BCUT2D eigenvalue weighted by molar-refractivity contribution is 5.71. The second kappa shape index (κ2) is 62.6. The number of rotatable bonds is 56. The number of ether oxygens (including phenoxy) is 3. The van der Waals surface area contributed by atoms with Gasteiger partial charge in [-0.05, 0) is 103 Å². The third kappa shape index (κ3) is 60.8. The van der Waals surface area contributed by atoms with E-state index in [9.17, 15) is 14.4 Å². The number of hydrogen-bond acceptors (Lipinski definition) is 6. The standard InChI is InChI=1S/C69H116O6/c1-4-7-10-13-16-19-22-25-28-31-33-34-36-39-42-45-48-51-54-57-60-63-69(72)75-66(64-73-67(70)61-58-55-52-49-46-43-40-37-30-27-24-21-18-15-12-9-6-3)65-74-68(71)62-59-56-53-50-47-44-41-38-35-32-29-26-23-20-17-14-11-8-5-2/h8,11,17-18,20-21,26-27,29-30,35,38,40,43-44,47,49,52,66H,4-7,9-10,12-16,19,22-25,28,31-34,36-37,39,41-42,45-46,48,50-51,53-65H2,1-3H3/b11-8-,20-17-,21-18-,29-26-,30-27-,38-35-,43-40-,47-44-,52-49-/t66-/m0/s1. The normalized spacial score (nSPS) is 12.8. The molecule has 0 aromatic rings. The second-order valence-corrected chi connectivity index (χ2v) is 20.6. The zero-order valence-electron chi connectivity index (χ0n) is 49.0. The van der Waals surface area contributed by atoms with E-state index in [1.165, 1.54) is 141 Å². The number of allylic oxidation sites excluding steroid dienone is 18. The number of esters is 3. The summed E-state index contributed by atoms with van der Waals surface area (Å²) in [4.78, 5) is 38.3. The molecule has 0 aromatic carbocycles. The van der Waals surface area contributed by atoms with E-state index in [0.717, 1.165) is 103 Å². The maximum atomic E-state index is 12.9. The van der Waals surface area contributed by atoms with Crippen molar-refractivity contribution in [2.24, 2.45) is 0 Å². The Balaban J connectivity index is 4.49. The van der Waals surface area contributed by atoms with Gasteiger partial charge in [-0.1, -0.05) is 278 Å². The molecule has 0 saturated heterocycles. The lowest BCUT2D eigenvalue weighted by molar-refractivity contribution is -0.167. The fourth-order valence-electron chi connectivity index (χ4n) is 8.58. The molecule has 6 heteroatoms. The van der Waals surface area contributed by atoms with E-state index in [2.05, 4.69) is 130 Å². The van der Waals surface area contributed by atoms with Gasteiger partial charge < -0.3 is 14.2 Å². The van der Waals surface area contributed by atoms with Gasteiger partial charge in [-0.15, -0.1) is 0 Å². The molecule has 0 rings (SSSR count). The SMILES string of the molecule is CC/C=C\C/C=C\C/C=C\C/C=C\C/C=C\CCCCCC(=O)OC[C@H](COC(=O)CCC/C=C\C/C=C\C/C=C\C/C=C\CCCCC)OC(=O)CCCCCCCCCCCCCCCCCCCCCCC. The van der Waals surface area contributed by atoms with E-state index in [0.29, 0.717) is 19.3 Å². The number of hydrogen-bond donors (Lipinski definition) is 0. The van der Waals surface area contributed by atoms with E-state index in [4.69, 9.17) is 14.2 Å². The second-order valence-electron chi connectivity index (χ2n) is 20.6. The summed E-state index contributed by atoms with van der Waals surface area (Å²) < 4.78 is 16.9. The fourth-order valence-corrected chi connectivity index (χ4v) is 8.58. The number of carbonyl (C=O) groups is 3. The molecule has 0 saturated carbocycles.